The van der Waals surface area contributed by atoms with Crippen molar-refractivity contribution in [1.29, 1.82) is 0 Å². The molecule has 25 heavy (non-hydrogen) atoms. The van der Waals surface area contributed by atoms with Gasteiger partial charge in [-0.2, -0.15) is 0 Å². The highest BCUT2D eigenvalue weighted by atomic mass is 16.5. The first kappa shape index (κ1) is 17.5. The molecule has 3 rings (SSSR count). The molecule has 0 fully saturated rings. The lowest BCUT2D eigenvalue weighted by Gasteiger charge is -2.23. The average Bonchev–Trinajstić information content (AvgIpc) is 2.62. The van der Waals surface area contributed by atoms with Crippen molar-refractivity contribution in [3.63, 3.8) is 0 Å². The molecule has 0 saturated heterocycles. The summed E-state index contributed by atoms with van der Waals surface area (Å²) in [5.74, 6) is 0.782. The van der Waals surface area contributed by atoms with Crippen LogP contribution in [0.5, 0.6) is 5.75 Å². The molecule has 0 saturated carbocycles. The van der Waals surface area contributed by atoms with Crippen LogP contribution in [0.3, 0.4) is 0 Å². The number of hydrogen-bond acceptors (Lipinski definition) is 2. The van der Waals surface area contributed by atoms with Gasteiger partial charge in [0, 0.05) is 0 Å². The Kier molecular flexibility index (Phi) is 5.42. The zero-order valence-corrected chi connectivity index (χ0v) is 15.3. The van der Waals surface area contributed by atoms with Crippen molar-refractivity contribution >= 4 is 5.91 Å². The van der Waals surface area contributed by atoms with Crippen molar-refractivity contribution in [1.82, 2.24) is 5.32 Å². The summed E-state index contributed by atoms with van der Waals surface area (Å²) < 4.78 is 6.02. The van der Waals surface area contributed by atoms with E-state index < -0.39 is 6.10 Å². The van der Waals surface area contributed by atoms with Gasteiger partial charge < -0.3 is 10.1 Å². The molecule has 1 N–H and O–H groups in total. The Labute approximate surface area is 150 Å². The largest absolute Gasteiger partial charge is 0.481 e. The van der Waals surface area contributed by atoms with E-state index in [1.807, 2.05) is 26.0 Å². The Morgan fingerprint density at radius 3 is 2.52 bits per heavy atom. The Bertz CT molecular complexity index is 736. The van der Waals surface area contributed by atoms with Crippen molar-refractivity contribution in [3.8, 4) is 5.75 Å². The highest BCUT2D eigenvalue weighted by Gasteiger charge is 2.20. The van der Waals surface area contributed by atoms with E-state index in [9.17, 15) is 4.79 Å². The molecule has 1 amide bonds. The van der Waals surface area contributed by atoms with Crippen LogP contribution in [0, 0.1) is 6.92 Å². The normalized spacial score (nSPS) is 15.8. The molecular weight excluding hydrogens is 310 g/mol. The first-order valence-corrected chi connectivity index (χ1v) is 9.19. The van der Waals surface area contributed by atoms with Gasteiger partial charge >= 0.3 is 0 Å². The zero-order valence-electron chi connectivity index (χ0n) is 15.3. The van der Waals surface area contributed by atoms with Gasteiger partial charge in [0.25, 0.3) is 5.91 Å². The molecule has 0 radical (unpaired) electrons. The van der Waals surface area contributed by atoms with E-state index >= 15 is 0 Å². The lowest BCUT2D eigenvalue weighted by Crippen LogP contribution is -2.38. The number of benzene rings is 2. The zero-order chi connectivity index (χ0) is 17.8. The number of aryl methyl sites for hydroxylation is 2. The number of rotatable bonds is 5. The molecule has 2 aromatic rings. The summed E-state index contributed by atoms with van der Waals surface area (Å²) in [6, 6.07) is 14.4. The average molecular weight is 337 g/mol. The van der Waals surface area contributed by atoms with E-state index in [1.54, 1.807) is 0 Å². The maximum absolute atomic E-state index is 12.5. The van der Waals surface area contributed by atoms with Gasteiger partial charge in [0.1, 0.15) is 5.75 Å². The second-order valence-corrected chi connectivity index (χ2v) is 7.00. The molecule has 132 valence electrons. The second kappa shape index (κ2) is 7.73. The van der Waals surface area contributed by atoms with Crippen molar-refractivity contribution in [3.05, 3.63) is 64.7 Å². The minimum Gasteiger partial charge on any atom is -0.481 e. The molecule has 0 unspecified atom stereocenters. The van der Waals surface area contributed by atoms with Crippen molar-refractivity contribution in [2.24, 2.45) is 0 Å². The Morgan fingerprint density at radius 2 is 1.76 bits per heavy atom. The SMILES string of the molecule is Cc1ccc([C@@H](C)NC(=O)[C@@H](C)Oc2cccc3c2CCCC3)cc1. The number of carbonyl (C=O) groups is 1. The third-order valence-electron chi connectivity index (χ3n) is 4.96. The predicted molar refractivity (Wildman–Crippen MR) is 101 cm³/mol. The van der Waals surface area contributed by atoms with E-state index in [-0.39, 0.29) is 11.9 Å². The Morgan fingerprint density at radius 1 is 1.04 bits per heavy atom. The molecule has 0 heterocycles. The molecule has 0 bridgehead atoms. The van der Waals surface area contributed by atoms with Crippen molar-refractivity contribution < 1.29 is 9.53 Å². The van der Waals surface area contributed by atoms with Gasteiger partial charge in [0.05, 0.1) is 6.04 Å². The highest BCUT2D eigenvalue weighted by Crippen LogP contribution is 2.30. The molecule has 0 aromatic heterocycles. The molecular formula is C22H27NO2. The van der Waals surface area contributed by atoms with Crippen LogP contribution in [-0.2, 0) is 17.6 Å². The summed E-state index contributed by atoms with van der Waals surface area (Å²) in [4.78, 5) is 12.5. The van der Waals surface area contributed by atoms with Gasteiger partial charge in [-0.1, -0.05) is 42.0 Å². The van der Waals surface area contributed by atoms with Gasteiger partial charge in [-0.15, -0.1) is 0 Å². The number of nitrogens with one attached hydrogen (secondary N) is 1. The fraction of sp³-hybridized carbons (Fsp3) is 0.409. The van der Waals surface area contributed by atoms with Gasteiger partial charge in [0.2, 0.25) is 0 Å². The predicted octanol–water partition coefficient (Wildman–Crippen LogP) is 4.52. The fourth-order valence-electron chi connectivity index (χ4n) is 3.37. The number of ether oxygens (including phenoxy) is 1. The summed E-state index contributed by atoms with van der Waals surface area (Å²) in [6.45, 7) is 5.88. The number of amides is 1. The number of carbonyl (C=O) groups excluding carboxylic acids is 1. The van der Waals surface area contributed by atoms with E-state index in [1.165, 1.54) is 29.5 Å². The monoisotopic (exact) mass is 337 g/mol. The standard InChI is InChI=1S/C22H27NO2/c1-15-11-13-18(14-12-15)16(2)23-22(24)17(3)25-21-10-6-8-19-7-4-5-9-20(19)21/h6,8,10-14,16-17H,4-5,7,9H2,1-3H3,(H,23,24)/t16-,17-/m1/s1. The number of fused-ring (bicyclic) bond motifs is 1. The van der Waals surface area contributed by atoms with E-state index in [0.717, 1.165) is 24.2 Å². The quantitative estimate of drug-likeness (QED) is 0.871. The van der Waals surface area contributed by atoms with Gasteiger partial charge in [-0.3, -0.25) is 4.79 Å². The molecule has 1 aliphatic carbocycles. The maximum Gasteiger partial charge on any atom is 0.261 e. The molecule has 1 aliphatic rings. The smallest absolute Gasteiger partial charge is 0.261 e. The first-order valence-electron chi connectivity index (χ1n) is 9.19. The summed E-state index contributed by atoms with van der Waals surface area (Å²) in [6.07, 6.45) is 4.07. The maximum atomic E-state index is 12.5. The Balaban J connectivity index is 1.64. The van der Waals surface area contributed by atoms with Gasteiger partial charge in [-0.25, -0.2) is 0 Å². The lowest BCUT2D eigenvalue weighted by molar-refractivity contribution is -0.127. The van der Waals surface area contributed by atoms with Crippen LogP contribution in [0.4, 0.5) is 0 Å². The van der Waals surface area contributed by atoms with Crippen LogP contribution in [0.1, 0.15) is 55.0 Å². The van der Waals surface area contributed by atoms with Crippen LogP contribution in [0.2, 0.25) is 0 Å². The molecule has 0 aliphatic heterocycles. The summed E-state index contributed by atoms with van der Waals surface area (Å²) in [5, 5.41) is 3.05. The first-order chi connectivity index (χ1) is 12.0. The molecule has 2 aromatic carbocycles. The minimum atomic E-state index is -0.513. The van der Waals surface area contributed by atoms with Crippen LogP contribution >= 0.6 is 0 Å². The van der Waals surface area contributed by atoms with E-state index in [2.05, 4.69) is 42.6 Å². The molecule has 2 atom stereocenters. The van der Waals surface area contributed by atoms with Crippen LogP contribution < -0.4 is 10.1 Å². The fourth-order valence-corrected chi connectivity index (χ4v) is 3.37. The van der Waals surface area contributed by atoms with E-state index in [4.69, 9.17) is 4.74 Å². The minimum absolute atomic E-state index is 0.0381. The van der Waals surface area contributed by atoms with Crippen molar-refractivity contribution in [2.75, 3.05) is 0 Å². The second-order valence-electron chi connectivity index (χ2n) is 7.00. The molecule has 0 spiro atoms. The summed E-state index contributed by atoms with van der Waals surface area (Å²) in [5.41, 5.74) is 4.96. The summed E-state index contributed by atoms with van der Waals surface area (Å²) in [7, 11) is 0. The summed E-state index contributed by atoms with van der Waals surface area (Å²) >= 11 is 0. The third-order valence-corrected chi connectivity index (χ3v) is 4.96. The third kappa shape index (κ3) is 4.22. The lowest BCUT2D eigenvalue weighted by atomic mass is 9.91. The van der Waals surface area contributed by atoms with Crippen molar-refractivity contribution in [2.45, 2.75) is 58.6 Å². The highest BCUT2D eigenvalue weighted by molar-refractivity contribution is 5.81. The van der Waals surface area contributed by atoms with Crippen LogP contribution in [0.25, 0.3) is 0 Å². The Hall–Kier alpha value is -2.29. The van der Waals surface area contributed by atoms with E-state index in [0.29, 0.717) is 0 Å². The van der Waals surface area contributed by atoms with Crippen LogP contribution in [-0.4, -0.2) is 12.0 Å². The van der Waals surface area contributed by atoms with Gasteiger partial charge in [0.15, 0.2) is 6.10 Å². The molecule has 3 nitrogen and oxygen atoms in total. The van der Waals surface area contributed by atoms with Gasteiger partial charge in [-0.05, 0) is 69.2 Å². The topological polar surface area (TPSA) is 38.3 Å². The number of hydrogen-bond donors (Lipinski definition) is 1. The molecule has 3 heteroatoms. The van der Waals surface area contributed by atoms with Crippen LogP contribution in [0.15, 0.2) is 42.5 Å².